The summed E-state index contributed by atoms with van der Waals surface area (Å²) in [6.45, 7) is 2.24. The Balaban J connectivity index is 1.94. The van der Waals surface area contributed by atoms with Crippen LogP contribution in [0.1, 0.15) is 16.8 Å². The van der Waals surface area contributed by atoms with E-state index in [1.165, 1.54) is 11.3 Å². The fourth-order valence-electron chi connectivity index (χ4n) is 2.07. The Hall–Kier alpha value is -1.98. The highest BCUT2D eigenvalue weighted by Gasteiger charge is 2.14. The van der Waals surface area contributed by atoms with Crippen LogP contribution in [-0.4, -0.2) is 15.1 Å². The average molecular weight is 286 g/mol. The molecule has 0 aliphatic rings. The van der Waals surface area contributed by atoms with Crippen LogP contribution in [0.25, 0.3) is 10.2 Å². The van der Waals surface area contributed by atoms with Crippen LogP contribution in [0.15, 0.2) is 35.8 Å². The minimum atomic E-state index is -0.101. The van der Waals surface area contributed by atoms with Crippen molar-refractivity contribution in [2.45, 2.75) is 20.1 Å². The van der Waals surface area contributed by atoms with Crippen LogP contribution in [0, 0.1) is 6.92 Å². The van der Waals surface area contributed by atoms with E-state index in [0.717, 1.165) is 21.5 Å². The van der Waals surface area contributed by atoms with Gasteiger partial charge in [0.05, 0.1) is 28.1 Å². The third-order valence-corrected chi connectivity index (χ3v) is 3.97. The minimum Gasteiger partial charge on any atom is -0.472 e. The number of aliphatic hydroxyl groups is 1. The lowest BCUT2D eigenvalue weighted by atomic mass is 10.2. The summed E-state index contributed by atoms with van der Waals surface area (Å²) in [6.07, 6.45) is 0. The van der Waals surface area contributed by atoms with Gasteiger partial charge in [0.25, 0.3) is 0 Å². The van der Waals surface area contributed by atoms with Crippen LogP contribution < -0.4 is 4.74 Å². The first-order valence-corrected chi connectivity index (χ1v) is 7.18. The fourth-order valence-corrected chi connectivity index (χ4v) is 2.94. The third kappa shape index (κ3) is 2.37. The number of thiazole rings is 1. The van der Waals surface area contributed by atoms with Crippen molar-refractivity contribution < 1.29 is 9.84 Å². The van der Waals surface area contributed by atoms with E-state index in [2.05, 4.69) is 9.97 Å². The van der Waals surface area contributed by atoms with Gasteiger partial charge in [-0.3, -0.25) is 0 Å². The summed E-state index contributed by atoms with van der Waals surface area (Å²) in [5, 5.41) is 9.58. The smallest absolute Gasteiger partial charge is 0.221 e. The molecule has 0 saturated heterocycles. The van der Waals surface area contributed by atoms with E-state index >= 15 is 0 Å². The van der Waals surface area contributed by atoms with Gasteiger partial charge < -0.3 is 9.84 Å². The molecule has 0 bridgehead atoms. The van der Waals surface area contributed by atoms with Gasteiger partial charge in [0.15, 0.2) is 0 Å². The zero-order chi connectivity index (χ0) is 13.9. The number of nitrogens with zero attached hydrogens (tertiary/aromatic N) is 2. The Morgan fingerprint density at radius 3 is 2.80 bits per heavy atom. The van der Waals surface area contributed by atoms with Gasteiger partial charge in [0.1, 0.15) is 12.1 Å². The summed E-state index contributed by atoms with van der Waals surface area (Å²) in [5.41, 5.74) is 5.20. The number of benzene rings is 1. The molecule has 0 aliphatic carbocycles. The number of aliphatic hydroxyl groups excluding tert-OH is 1. The lowest BCUT2D eigenvalue weighted by molar-refractivity contribution is 0.254. The third-order valence-electron chi connectivity index (χ3n) is 3.09. The number of fused-ring (bicyclic) bond motifs is 1. The second-order valence-corrected chi connectivity index (χ2v) is 5.30. The topological polar surface area (TPSA) is 55.2 Å². The van der Waals surface area contributed by atoms with E-state index < -0.39 is 0 Å². The first-order valence-electron chi connectivity index (χ1n) is 6.30. The zero-order valence-electron chi connectivity index (χ0n) is 11.0. The van der Waals surface area contributed by atoms with Gasteiger partial charge in [-0.25, -0.2) is 9.97 Å². The molecule has 0 unspecified atom stereocenters. The number of hydrogen-bond donors (Lipinski definition) is 1. The van der Waals surface area contributed by atoms with Crippen molar-refractivity contribution in [3.05, 3.63) is 52.7 Å². The molecule has 3 rings (SSSR count). The van der Waals surface area contributed by atoms with Crippen molar-refractivity contribution >= 4 is 21.6 Å². The molecule has 0 radical (unpaired) electrons. The molecule has 0 spiro atoms. The predicted octanol–water partition coefficient (Wildman–Crippen LogP) is 3.07. The number of aromatic nitrogens is 2. The van der Waals surface area contributed by atoms with Crippen molar-refractivity contribution in [3.8, 4) is 5.88 Å². The van der Waals surface area contributed by atoms with E-state index in [-0.39, 0.29) is 6.61 Å². The SMILES string of the molecule is Cc1nc(OCc2ccccc2)c(CO)c2scnc12. The van der Waals surface area contributed by atoms with Crippen LogP contribution in [0.4, 0.5) is 0 Å². The number of aryl methyl sites for hydroxylation is 1. The van der Waals surface area contributed by atoms with E-state index in [1.807, 2.05) is 37.3 Å². The number of hydrogen-bond acceptors (Lipinski definition) is 5. The molecule has 2 heterocycles. The largest absolute Gasteiger partial charge is 0.472 e. The second-order valence-electron chi connectivity index (χ2n) is 4.44. The van der Waals surface area contributed by atoms with Crippen LogP contribution in [-0.2, 0) is 13.2 Å². The van der Waals surface area contributed by atoms with Gasteiger partial charge in [0.2, 0.25) is 5.88 Å². The number of pyridine rings is 1. The standard InChI is InChI=1S/C15H14N2O2S/c1-10-13-14(20-9-16-13)12(7-18)15(17-10)19-8-11-5-3-2-4-6-11/h2-6,9,18H,7-8H2,1H3. The summed E-state index contributed by atoms with van der Waals surface area (Å²) < 4.78 is 6.73. The predicted molar refractivity (Wildman–Crippen MR) is 78.8 cm³/mol. The molecule has 0 fully saturated rings. The van der Waals surface area contributed by atoms with Crippen LogP contribution in [0.5, 0.6) is 5.88 Å². The lowest BCUT2D eigenvalue weighted by Gasteiger charge is -2.11. The van der Waals surface area contributed by atoms with Crippen molar-refractivity contribution in [3.63, 3.8) is 0 Å². The van der Waals surface area contributed by atoms with Gasteiger partial charge in [-0.15, -0.1) is 11.3 Å². The lowest BCUT2D eigenvalue weighted by Crippen LogP contribution is -2.02. The Labute approximate surface area is 120 Å². The van der Waals surface area contributed by atoms with Crippen LogP contribution in [0.3, 0.4) is 0 Å². The molecule has 1 aromatic carbocycles. The molecule has 4 nitrogen and oxygen atoms in total. The normalized spacial score (nSPS) is 10.9. The molecule has 0 atom stereocenters. The molecule has 2 aromatic heterocycles. The maximum Gasteiger partial charge on any atom is 0.221 e. The number of ether oxygens (including phenoxy) is 1. The molecule has 20 heavy (non-hydrogen) atoms. The van der Waals surface area contributed by atoms with Crippen molar-refractivity contribution in [2.24, 2.45) is 0 Å². The quantitative estimate of drug-likeness (QED) is 0.801. The van der Waals surface area contributed by atoms with Crippen molar-refractivity contribution in [1.29, 1.82) is 0 Å². The molecule has 0 saturated carbocycles. The Bertz CT molecular complexity index is 725. The molecular formula is C15H14N2O2S. The molecule has 1 N–H and O–H groups in total. The van der Waals surface area contributed by atoms with Crippen LogP contribution >= 0.6 is 11.3 Å². The van der Waals surface area contributed by atoms with E-state index in [0.29, 0.717) is 18.1 Å². The monoisotopic (exact) mass is 286 g/mol. The average Bonchev–Trinajstić information content (AvgIpc) is 2.96. The van der Waals surface area contributed by atoms with Gasteiger partial charge in [-0.1, -0.05) is 30.3 Å². The van der Waals surface area contributed by atoms with Gasteiger partial charge in [0, 0.05) is 0 Å². The van der Waals surface area contributed by atoms with E-state index in [9.17, 15) is 5.11 Å². The summed E-state index contributed by atoms with van der Waals surface area (Å²) in [7, 11) is 0. The maximum absolute atomic E-state index is 9.58. The summed E-state index contributed by atoms with van der Waals surface area (Å²) >= 11 is 1.50. The minimum absolute atomic E-state index is 0.101. The Kier molecular flexibility index (Phi) is 3.62. The summed E-state index contributed by atoms with van der Waals surface area (Å²) in [6, 6.07) is 9.90. The fraction of sp³-hybridized carbons (Fsp3) is 0.200. The van der Waals surface area contributed by atoms with E-state index in [1.54, 1.807) is 5.51 Å². The zero-order valence-corrected chi connectivity index (χ0v) is 11.9. The highest BCUT2D eigenvalue weighted by molar-refractivity contribution is 7.17. The molecule has 3 aromatic rings. The van der Waals surface area contributed by atoms with E-state index in [4.69, 9.17) is 4.74 Å². The molecule has 102 valence electrons. The van der Waals surface area contributed by atoms with Gasteiger partial charge >= 0.3 is 0 Å². The van der Waals surface area contributed by atoms with Crippen LogP contribution in [0.2, 0.25) is 0 Å². The Morgan fingerprint density at radius 1 is 1.25 bits per heavy atom. The molecule has 0 aliphatic heterocycles. The second kappa shape index (κ2) is 5.56. The first kappa shape index (κ1) is 13.0. The maximum atomic E-state index is 9.58. The molecule has 5 heteroatoms. The number of rotatable bonds is 4. The first-order chi connectivity index (χ1) is 9.79. The highest BCUT2D eigenvalue weighted by atomic mass is 32.1. The van der Waals surface area contributed by atoms with Crippen molar-refractivity contribution in [2.75, 3.05) is 0 Å². The summed E-state index contributed by atoms with van der Waals surface area (Å²) in [4.78, 5) is 8.70. The van der Waals surface area contributed by atoms with Gasteiger partial charge in [-0.05, 0) is 12.5 Å². The van der Waals surface area contributed by atoms with Crippen molar-refractivity contribution in [1.82, 2.24) is 9.97 Å². The summed E-state index contributed by atoms with van der Waals surface area (Å²) in [5.74, 6) is 0.491. The Morgan fingerprint density at radius 2 is 2.05 bits per heavy atom. The molecular weight excluding hydrogens is 272 g/mol. The van der Waals surface area contributed by atoms with Gasteiger partial charge in [-0.2, -0.15) is 0 Å². The molecule has 0 amide bonds. The highest BCUT2D eigenvalue weighted by Crippen LogP contribution is 2.31.